The van der Waals surface area contributed by atoms with Crippen molar-refractivity contribution in [2.24, 2.45) is 0 Å². The fourth-order valence-corrected chi connectivity index (χ4v) is 4.53. The molecule has 0 aliphatic rings. The summed E-state index contributed by atoms with van der Waals surface area (Å²) in [6.07, 6.45) is 2.90. The highest BCUT2D eigenvalue weighted by Crippen LogP contribution is 2.30. The Kier molecular flexibility index (Phi) is 6.38. The van der Waals surface area contributed by atoms with E-state index >= 15 is 0 Å². The summed E-state index contributed by atoms with van der Waals surface area (Å²) in [7, 11) is -3.96. The van der Waals surface area contributed by atoms with Gasteiger partial charge in [0.1, 0.15) is 31.0 Å². The summed E-state index contributed by atoms with van der Waals surface area (Å²) in [5, 5.41) is 0.911. The minimum Gasteiger partial charge on any atom is -0.490 e. The zero-order valence-electron chi connectivity index (χ0n) is 17.0. The summed E-state index contributed by atoms with van der Waals surface area (Å²) in [5.41, 5.74) is 0.977. The van der Waals surface area contributed by atoms with Crippen LogP contribution < -0.4 is 14.2 Å². The highest BCUT2D eigenvalue weighted by atomic mass is 35.5. The van der Waals surface area contributed by atoms with Crippen LogP contribution in [0.4, 0.5) is 5.69 Å². The Morgan fingerprint density at radius 2 is 1.81 bits per heavy atom. The molecule has 2 heterocycles. The second kappa shape index (κ2) is 9.37. The molecule has 0 aliphatic carbocycles. The lowest BCUT2D eigenvalue weighted by Gasteiger charge is -2.15. The quantitative estimate of drug-likeness (QED) is 0.384. The fourth-order valence-electron chi connectivity index (χ4n) is 2.98. The monoisotopic (exact) mass is 470 g/mol. The van der Waals surface area contributed by atoms with Gasteiger partial charge in [-0.15, -0.1) is 0 Å². The number of sulfonamides is 1. The third-order valence-corrected chi connectivity index (χ3v) is 6.46. The summed E-state index contributed by atoms with van der Waals surface area (Å²) in [5.74, 6) is 0.781. The molecule has 10 heteroatoms. The Bertz CT molecular complexity index is 1350. The maximum atomic E-state index is 13.1. The van der Waals surface area contributed by atoms with E-state index in [1.54, 1.807) is 31.3 Å². The van der Waals surface area contributed by atoms with Gasteiger partial charge in [0.25, 0.3) is 10.0 Å². The van der Waals surface area contributed by atoms with E-state index in [0.717, 1.165) is 0 Å². The van der Waals surface area contributed by atoms with Crippen molar-refractivity contribution in [2.45, 2.75) is 11.8 Å². The minimum atomic E-state index is -3.96. The Labute approximate surface area is 190 Å². The third kappa shape index (κ3) is 4.90. The molecule has 0 fully saturated rings. The first kappa shape index (κ1) is 21.8. The lowest BCUT2D eigenvalue weighted by Crippen LogP contribution is -2.17. The molecule has 0 amide bonds. The highest BCUT2D eigenvalue weighted by Gasteiger charge is 2.21. The molecule has 0 atom stereocenters. The van der Waals surface area contributed by atoms with E-state index in [2.05, 4.69) is 19.7 Å². The van der Waals surface area contributed by atoms with Crippen molar-refractivity contribution in [3.8, 4) is 11.6 Å². The van der Waals surface area contributed by atoms with Crippen LogP contribution in [0.1, 0.15) is 5.56 Å². The van der Waals surface area contributed by atoms with Crippen molar-refractivity contribution in [1.82, 2.24) is 15.0 Å². The molecule has 2 aromatic carbocycles. The molecule has 0 bridgehead atoms. The predicted octanol–water partition coefficient (Wildman–Crippen LogP) is 4.25. The first-order chi connectivity index (χ1) is 15.4. The van der Waals surface area contributed by atoms with Gasteiger partial charge in [-0.05, 0) is 42.8 Å². The Morgan fingerprint density at radius 1 is 1.03 bits per heavy atom. The molecule has 0 aliphatic heterocycles. The Morgan fingerprint density at radius 3 is 2.62 bits per heavy atom. The number of para-hydroxylation sites is 1. The van der Waals surface area contributed by atoms with Gasteiger partial charge < -0.3 is 9.47 Å². The van der Waals surface area contributed by atoms with E-state index < -0.39 is 10.0 Å². The summed E-state index contributed by atoms with van der Waals surface area (Å²) < 4.78 is 40.1. The number of rotatable bonds is 8. The molecule has 0 unspecified atom stereocenters. The molecular formula is C22H19ClN4O4S. The highest BCUT2D eigenvalue weighted by molar-refractivity contribution is 7.92. The zero-order chi connectivity index (χ0) is 22.6. The number of benzene rings is 2. The second-order valence-corrected chi connectivity index (χ2v) is 8.81. The zero-order valence-corrected chi connectivity index (χ0v) is 18.6. The molecule has 4 aromatic rings. The Hall–Kier alpha value is -3.43. The predicted molar refractivity (Wildman–Crippen MR) is 122 cm³/mol. The van der Waals surface area contributed by atoms with Gasteiger partial charge in [-0.3, -0.25) is 4.72 Å². The molecule has 2 aromatic heterocycles. The van der Waals surface area contributed by atoms with Gasteiger partial charge in [0.15, 0.2) is 5.65 Å². The maximum Gasteiger partial charge on any atom is 0.262 e. The molecule has 0 radical (unpaired) electrons. The van der Waals surface area contributed by atoms with Crippen molar-refractivity contribution in [2.75, 3.05) is 17.9 Å². The van der Waals surface area contributed by atoms with Gasteiger partial charge in [0.05, 0.1) is 4.90 Å². The van der Waals surface area contributed by atoms with E-state index in [0.29, 0.717) is 27.4 Å². The molecule has 0 spiro atoms. The van der Waals surface area contributed by atoms with Gasteiger partial charge in [-0.25, -0.2) is 18.4 Å². The number of ether oxygens (including phenoxy) is 2. The van der Waals surface area contributed by atoms with Crippen LogP contribution >= 0.6 is 11.6 Å². The van der Waals surface area contributed by atoms with Crippen LogP contribution in [0, 0.1) is 6.92 Å². The topological polar surface area (TPSA) is 103 Å². The molecule has 32 heavy (non-hydrogen) atoms. The number of hydrogen-bond acceptors (Lipinski definition) is 7. The first-order valence-electron chi connectivity index (χ1n) is 9.63. The molecule has 4 rings (SSSR count). The van der Waals surface area contributed by atoms with Crippen molar-refractivity contribution < 1.29 is 17.9 Å². The van der Waals surface area contributed by atoms with E-state index in [-0.39, 0.29) is 29.7 Å². The Balaban J connectivity index is 1.60. The number of halogens is 1. The molecular weight excluding hydrogens is 452 g/mol. The van der Waals surface area contributed by atoms with Gasteiger partial charge in [-0.1, -0.05) is 35.9 Å². The van der Waals surface area contributed by atoms with Crippen LogP contribution in [-0.2, 0) is 10.0 Å². The molecule has 164 valence electrons. The van der Waals surface area contributed by atoms with Gasteiger partial charge in [-0.2, -0.15) is 4.98 Å². The van der Waals surface area contributed by atoms with Crippen molar-refractivity contribution in [1.29, 1.82) is 0 Å². The molecule has 1 N–H and O–H groups in total. The fraction of sp³-hybridized carbons (Fsp3) is 0.136. The largest absolute Gasteiger partial charge is 0.490 e. The van der Waals surface area contributed by atoms with Crippen LogP contribution in [0.2, 0.25) is 5.02 Å². The van der Waals surface area contributed by atoms with E-state index in [1.807, 2.05) is 30.3 Å². The summed E-state index contributed by atoms with van der Waals surface area (Å²) in [6.45, 7) is 2.03. The van der Waals surface area contributed by atoms with Crippen molar-refractivity contribution >= 4 is 38.3 Å². The lowest BCUT2D eigenvalue weighted by molar-refractivity contribution is 0.213. The number of aromatic nitrogens is 3. The van der Waals surface area contributed by atoms with Crippen molar-refractivity contribution in [3.63, 3.8) is 0 Å². The summed E-state index contributed by atoms with van der Waals surface area (Å²) >= 11 is 6.11. The SMILES string of the molecule is Cc1c(Cl)cccc1S(=O)(=O)Nc1cc2cncnc2nc1OCCOc1ccccc1. The van der Waals surface area contributed by atoms with E-state index in [9.17, 15) is 8.42 Å². The summed E-state index contributed by atoms with van der Waals surface area (Å²) in [4.78, 5) is 12.5. The number of fused-ring (bicyclic) bond motifs is 1. The molecule has 0 saturated heterocycles. The standard InChI is InChI=1S/C22H19ClN4O4S/c1-15-18(23)8-5-9-20(15)32(28,29)27-19-12-16-13-24-14-25-21(16)26-22(19)31-11-10-30-17-6-3-2-4-7-17/h2-9,12-14,27H,10-11H2,1H3. The van der Waals surface area contributed by atoms with Crippen LogP contribution in [0.25, 0.3) is 11.0 Å². The number of anilines is 1. The van der Waals surface area contributed by atoms with E-state index in [1.165, 1.54) is 12.4 Å². The van der Waals surface area contributed by atoms with Crippen molar-refractivity contribution in [3.05, 3.63) is 77.7 Å². The lowest BCUT2D eigenvalue weighted by atomic mass is 10.2. The number of hydrogen-bond donors (Lipinski definition) is 1. The third-order valence-electron chi connectivity index (χ3n) is 4.54. The summed E-state index contributed by atoms with van der Waals surface area (Å²) in [6, 6.07) is 15.6. The number of nitrogens with one attached hydrogen (secondary N) is 1. The van der Waals surface area contributed by atoms with Crippen LogP contribution in [-0.4, -0.2) is 36.6 Å². The van der Waals surface area contributed by atoms with Crippen LogP contribution in [0.15, 0.2) is 72.0 Å². The number of nitrogens with zero attached hydrogens (tertiary/aromatic N) is 3. The second-order valence-electron chi connectivity index (χ2n) is 6.76. The van der Waals surface area contributed by atoms with Gasteiger partial charge in [0.2, 0.25) is 5.88 Å². The average molecular weight is 471 g/mol. The average Bonchev–Trinajstić information content (AvgIpc) is 2.79. The minimum absolute atomic E-state index is 0.0627. The smallest absolute Gasteiger partial charge is 0.262 e. The van der Waals surface area contributed by atoms with Crippen LogP contribution in [0.3, 0.4) is 0 Å². The number of pyridine rings is 1. The normalized spacial score (nSPS) is 11.3. The first-order valence-corrected chi connectivity index (χ1v) is 11.5. The van der Waals surface area contributed by atoms with Gasteiger partial charge >= 0.3 is 0 Å². The van der Waals surface area contributed by atoms with Gasteiger partial charge in [0, 0.05) is 16.6 Å². The molecule has 0 saturated carbocycles. The van der Waals surface area contributed by atoms with Crippen LogP contribution in [0.5, 0.6) is 11.6 Å². The van der Waals surface area contributed by atoms with E-state index in [4.69, 9.17) is 21.1 Å². The molecule has 8 nitrogen and oxygen atoms in total. The maximum absolute atomic E-state index is 13.1.